The summed E-state index contributed by atoms with van der Waals surface area (Å²) in [5.41, 5.74) is 7.95. The largest absolute Gasteiger partial charge is 0.494 e. The minimum atomic E-state index is 0.673. The first kappa shape index (κ1) is 15.0. The summed E-state index contributed by atoms with van der Waals surface area (Å²) in [7, 11) is 0. The van der Waals surface area contributed by atoms with Gasteiger partial charge in [0.25, 0.3) is 0 Å². The summed E-state index contributed by atoms with van der Waals surface area (Å²) >= 11 is 0. The molecule has 0 bridgehead atoms. The van der Waals surface area contributed by atoms with Crippen molar-refractivity contribution in [2.75, 3.05) is 19.7 Å². The number of ether oxygens (including phenoxy) is 1. The monoisotopic (exact) mass is 274 g/mol. The average Bonchev–Trinajstić information content (AvgIpc) is 2.61. The third-order valence-electron chi connectivity index (χ3n) is 3.66. The summed E-state index contributed by atoms with van der Waals surface area (Å²) in [5, 5.41) is 0. The third-order valence-corrected chi connectivity index (χ3v) is 3.66. The lowest BCUT2D eigenvalue weighted by molar-refractivity contribution is 0.313. The van der Waals surface area contributed by atoms with Gasteiger partial charge in [0.05, 0.1) is 6.61 Å². The topological polar surface area (TPSA) is 47.6 Å². The maximum atomic E-state index is 5.72. The van der Waals surface area contributed by atoms with Crippen LogP contribution in [0, 0.1) is 0 Å². The van der Waals surface area contributed by atoms with Gasteiger partial charge in [-0.1, -0.05) is 31.4 Å². The fraction of sp³-hybridized carbons (Fsp3) is 0.588. The fourth-order valence-electron chi connectivity index (χ4n) is 2.50. The molecule has 0 fully saturated rings. The van der Waals surface area contributed by atoms with Crippen LogP contribution in [0.2, 0.25) is 0 Å². The van der Waals surface area contributed by atoms with Crippen LogP contribution in [0.5, 0.6) is 5.75 Å². The molecule has 1 aliphatic rings. The second kappa shape index (κ2) is 8.75. The normalized spacial score (nSPS) is 16.8. The van der Waals surface area contributed by atoms with E-state index in [4.69, 9.17) is 15.5 Å². The molecule has 20 heavy (non-hydrogen) atoms. The van der Waals surface area contributed by atoms with Gasteiger partial charge in [0.2, 0.25) is 0 Å². The zero-order chi connectivity index (χ0) is 14.0. The molecule has 1 heterocycles. The van der Waals surface area contributed by atoms with Gasteiger partial charge >= 0.3 is 0 Å². The Hall–Kier alpha value is -1.35. The van der Waals surface area contributed by atoms with Crippen LogP contribution in [0.1, 0.15) is 50.5 Å². The Kier molecular flexibility index (Phi) is 6.58. The van der Waals surface area contributed by atoms with Crippen molar-refractivity contribution in [2.45, 2.75) is 44.9 Å². The molecule has 110 valence electrons. The van der Waals surface area contributed by atoms with E-state index in [-0.39, 0.29) is 0 Å². The lowest BCUT2D eigenvalue weighted by Gasteiger charge is -2.09. The summed E-state index contributed by atoms with van der Waals surface area (Å²) in [6.07, 6.45) is 8.44. The van der Waals surface area contributed by atoms with E-state index in [1.54, 1.807) is 0 Å². The number of hydrogen-bond acceptors (Lipinski definition) is 3. The van der Waals surface area contributed by atoms with Crippen LogP contribution in [0.4, 0.5) is 0 Å². The number of nitrogens with two attached hydrogens (primary N) is 1. The van der Waals surface area contributed by atoms with Crippen molar-refractivity contribution in [1.29, 1.82) is 0 Å². The van der Waals surface area contributed by atoms with Gasteiger partial charge in [-0.3, -0.25) is 4.99 Å². The molecule has 2 rings (SSSR count). The van der Waals surface area contributed by atoms with Gasteiger partial charge in [0, 0.05) is 12.3 Å². The van der Waals surface area contributed by atoms with Crippen molar-refractivity contribution in [3.05, 3.63) is 29.8 Å². The molecule has 3 heteroatoms. The Bertz CT molecular complexity index is 429. The quantitative estimate of drug-likeness (QED) is 0.835. The highest BCUT2D eigenvalue weighted by atomic mass is 16.5. The molecule has 1 aromatic carbocycles. The van der Waals surface area contributed by atoms with Crippen molar-refractivity contribution >= 4 is 5.71 Å². The lowest BCUT2D eigenvalue weighted by Crippen LogP contribution is -2.07. The van der Waals surface area contributed by atoms with E-state index in [0.29, 0.717) is 13.2 Å². The third kappa shape index (κ3) is 4.97. The van der Waals surface area contributed by atoms with Crippen molar-refractivity contribution in [1.82, 2.24) is 0 Å². The molecular weight excluding hydrogens is 248 g/mol. The van der Waals surface area contributed by atoms with Crippen LogP contribution in [-0.4, -0.2) is 25.4 Å². The van der Waals surface area contributed by atoms with Gasteiger partial charge in [0.1, 0.15) is 5.75 Å². The van der Waals surface area contributed by atoms with E-state index in [2.05, 4.69) is 18.2 Å². The van der Waals surface area contributed by atoms with Gasteiger partial charge in [-0.15, -0.1) is 0 Å². The van der Waals surface area contributed by atoms with Crippen molar-refractivity contribution in [3.8, 4) is 5.75 Å². The molecule has 0 saturated carbocycles. The zero-order valence-electron chi connectivity index (χ0n) is 12.3. The second-order valence-electron chi connectivity index (χ2n) is 5.36. The summed E-state index contributed by atoms with van der Waals surface area (Å²) in [6.45, 7) is 2.33. The summed E-state index contributed by atoms with van der Waals surface area (Å²) in [4.78, 5) is 4.79. The number of rotatable bonds is 5. The van der Waals surface area contributed by atoms with Crippen LogP contribution in [0.15, 0.2) is 29.3 Å². The molecule has 1 aromatic rings. The molecule has 0 amide bonds. The SMILES string of the molecule is NCCCOc1cccc(C2=NCCCCCCC2)c1. The Morgan fingerprint density at radius 2 is 1.95 bits per heavy atom. The van der Waals surface area contributed by atoms with Gasteiger partial charge in [-0.25, -0.2) is 0 Å². The van der Waals surface area contributed by atoms with E-state index in [1.807, 2.05) is 6.07 Å². The second-order valence-corrected chi connectivity index (χ2v) is 5.36. The number of benzene rings is 1. The predicted molar refractivity (Wildman–Crippen MR) is 84.7 cm³/mol. The predicted octanol–water partition coefficient (Wildman–Crippen LogP) is 3.56. The van der Waals surface area contributed by atoms with Crippen LogP contribution in [0.3, 0.4) is 0 Å². The standard InChI is InChI=1S/C17H26N2O/c18-11-7-13-20-16-9-6-8-15(14-16)17-10-4-2-1-3-5-12-19-17/h6,8-9,14H,1-5,7,10-13,18H2. The maximum absolute atomic E-state index is 5.72. The average molecular weight is 274 g/mol. The number of hydrogen-bond donors (Lipinski definition) is 1. The Morgan fingerprint density at radius 1 is 1.10 bits per heavy atom. The minimum absolute atomic E-state index is 0.673. The van der Waals surface area contributed by atoms with E-state index in [0.717, 1.165) is 25.1 Å². The Morgan fingerprint density at radius 3 is 2.85 bits per heavy atom. The first-order valence-corrected chi connectivity index (χ1v) is 7.87. The van der Waals surface area contributed by atoms with E-state index in [9.17, 15) is 0 Å². The maximum Gasteiger partial charge on any atom is 0.119 e. The minimum Gasteiger partial charge on any atom is -0.494 e. The van der Waals surface area contributed by atoms with Crippen LogP contribution < -0.4 is 10.5 Å². The van der Waals surface area contributed by atoms with Crippen LogP contribution in [-0.2, 0) is 0 Å². The Labute approximate surface area is 122 Å². The number of aliphatic imine (C=N–C) groups is 1. The van der Waals surface area contributed by atoms with Crippen molar-refractivity contribution in [2.24, 2.45) is 10.7 Å². The smallest absolute Gasteiger partial charge is 0.119 e. The zero-order valence-corrected chi connectivity index (χ0v) is 12.3. The lowest BCUT2D eigenvalue weighted by atomic mass is 10.0. The highest BCUT2D eigenvalue weighted by Gasteiger charge is 2.07. The Balaban J connectivity index is 2.03. The molecule has 0 spiro atoms. The van der Waals surface area contributed by atoms with E-state index < -0.39 is 0 Å². The van der Waals surface area contributed by atoms with Gasteiger partial charge in [-0.2, -0.15) is 0 Å². The molecule has 2 N–H and O–H groups in total. The van der Waals surface area contributed by atoms with Crippen molar-refractivity contribution < 1.29 is 4.74 Å². The molecule has 0 unspecified atom stereocenters. The van der Waals surface area contributed by atoms with Gasteiger partial charge < -0.3 is 10.5 Å². The molecular formula is C17H26N2O. The molecule has 0 aliphatic carbocycles. The first-order chi connectivity index (χ1) is 9.90. The molecule has 1 aliphatic heterocycles. The highest BCUT2D eigenvalue weighted by Crippen LogP contribution is 2.18. The summed E-state index contributed by atoms with van der Waals surface area (Å²) in [5.74, 6) is 0.929. The molecule has 0 atom stereocenters. The highest BCUT2D eigenvalue weighted by molar-refractivity contribution is 6.00. The fourth-order valence-corrected chi connectivity index (χ4v) is 2.50. The van der Waals surface area contributed by atoms with Gasteiger partial charge in [-0.05, 0) is 49.9 Å². The molecule has 0 saturated heterocycles. The van der Waals surface area contributed by atoms with Crippen molar-refractivity contribution in [3.63, 3.8) is 0 Å². The number of nitrogens with zero attached hydrogens (tertiary/aromatic N) is 1. The summed E-state index contributed by atoms with van der Waals surface area (Å²) < 4.78 is 5.72. The first-order valence-electron chi connectivity index (χ1n) is 7.87. The van der Waals surface area contributed by atoms with Crippen LogP contribution >= 0.6 is 0 Å². The summed E-state index contributed by atoms with van der Waals surface area (Å²) in [6, 6.07) is 8.33. The molecule has 0 radical (unpaired) electrons. The van der Waals surface area contributed by atoms with Gasteiger partial charge in [0.15, 0.2) is 0 Å². The van der Waals surface area contributed by atoms with Crippen LogP contribution in [0.25, 0.3) is 0 Å². The van der Waals surface area contributed by atoms with E-state index in [1.165, 1.54) is 43.4 Å². The molecule has 0 aromatic heterocycles. The molecule has 3 nitrogen and oxygen atoms in total. The van der Waals surface area contributed by atoms with E-state index >= 15 is 0 Å².